The summed E-state index contributed by atoms with van der Waals surface area (Å²) in [6.07, 6.45) is 9.11. The number of benzene rings is 3. The lowest BCUT2D eigenvalue weighted by atomic mass is 9.39. The van der Waals surface area contributed by atoms with Gasteiger partial charge in [-0.1, -0.05) is 102 Å². The van der Waals surface area contributed by atoms with Gasteiger partial charge in [0.1, 0.15) is 6.17 Å². The van der Waals surface area contributed by atoms with Crippen LogP contribution in [0.1, 0.15) is 18.1 Å². The highest BCUT2D eigenvalue weighted by atomic mass is 35.5. The lowest BCUT2D eigenvalue weighted by Gasteiger charge is -2.13. The van der Waals surface area contributed by atoms with E-state index >= 15 is 0 Å². The zero-order valence-corrected chi connectivity index (χ0v) is 20.7. The number of alkyl halides is 2. The molecule has 0 aliphatic carbocycles. The van der Waals surface area contributed by atoms with E-state index in [2.05, 4.69) is 61.3 Å². The summed E-state index contributed by atoms with van der Waals surface area (Å²) in [4.78, 5) is 4.04. The van der Waals surface area contributed by atoms with Gasteiger partial charge in [-0.3, -0.25) is 0 Å². The highest BCUT2D eigenvalue weighted by Gasteiger charge is 2.17. The minimum absolute atomic E-state index is 0.266. The first-order chi connectivity index (χ1) is 16.5. The summed E-state index contributed by atoms with van der Waals surface area (Å²) in [5.74, 6) is 0. The average Bonchev–Trinajstić information content (AvgIpc) is 3.37. The first kappa shape index (κ1) is 25.5. The van der Waals surface area contributed by atoms with E-state index in [1.165, 1.54) is 34.7 Å². The topological polar surface area (TPSA) is 17.8 Å². The van der Waals surface area contributed by atoms with Crippen LogP contribution < -0.4 is 10.9 Å². The molecule has 0 saturated heterocycles. The summed E-state index contributed by atoms with van der Waals surface area (Å²) >= 11 is 5.93. The van der Waals surface area contributed by atoms with Crippen LogP contribution in [0.4, 0.5) is 4.39 Å². The molecule has 2 nitrogen and oxygen atoms in total. The molecule has 5 heteroatoms. The van der Waals surface area contributed by atoms with Gasteiger partial charge in [-0.2, -0.15) is 0 Å². The third-order valence-corrected chi connectivity index (χ3v) is 6.23. The third-order valence-electron chi connectivity index (χ3n) is 5.74. The first-order valence-corrected chi connectivity index (χ1v) is 12.0. The molecule has 0 fully saturated rings. The first-order valence-electron chi connectivity index (χ1n) is 11.6. The van der Waals surface area contributed by atoms with Crippen LogP contribution in [0.15, 0.2) is 110 Å². The van der Waals surface area contributed by atoms with E-state index in [4.69, 9.17) is 11.6 Å². The number of hydrogen-bond donors (Lipinski definition) is 0. The predicted octanol–water partition coefficient (Wildman–Crippen LogP) is 6.31. The molecule has 0 spiro atoms. The molecule has 34 heavy (non-hydrogen) atoms. The number of hydrogen-bond acceptors (Lipinski definition) is 1. The van der Waals surface area contributed by atoms with Gasteiger partial charge in [0.25, 0.3) is 0 Å². The van der Waals surface area contributed by atoms with E-state index < -0.39 is 11.5 Å². The van der Waals surface area contributed by atoms with Crippen LogP contribution in [0.25, 0.3) is 5.69 Å². The lowest BCUT2D eigenvalue weighted by Crippen LogP contribution is -2.41. The number of halogens is 2. The Bertz CT molecular complexity index is 1090. The maximum Gasteiger partial charge on any atom is 0.213 e. The Labute approximate surface area is 208 Å². The molecule has 2 unspecified atom stereocenters. The fourth-order valence-electron chi connectivity index (χ4n) is 3.94. The zero-order chi connectivity index (χ0) is 24.3. The number of rotatable bonds is 7. The number of nitrogens with zero attached hydrogens (tertiary/aromatic N) is 2. The SMILES string of the molecule is CC(F)C(Cl)C=CCB(c1ccccc1)c1ccccc1.Cc1cccc(C)c1-n1ccnc1. The van der Waals surface area contributed by atoms with Gasteiger partial charge in [0.05, 0.1) is 17.4 Å². The van der Waals surface area contributed by atoms with Crippen molar-refractivity contribution in [3.8, 4) is 5.69 Å². The number of para-hydroxylation sites is 1. The predicted molar refractivity (Wildman–Crippen MR) is 145 cm³/mol. The van der Waals surface area contributed by atoms with E-state index in [1.807, 2.05) is 59.6 Å². The highest BCUT2D eigenvalue weighted by molar-refractivity contribution is 6.85. The molecule has 0 N–H and O–H groups in total. The Morgan fingerprint density at radius 3 is 1.94 bits per heavy atom. The molecule has 0 bridgehead atoms. The molecule has 0 amide bonds. The van der Waals surface area contributed by atoms with Crippen LogP contribution in [0.5, 0.6) is 0 Å². The van der Waals surface area contributed by atoms with Gasteiger partial charge in [-0.05, 0) is 38.2 Å². The van der Waals surface area contributed by atoms with Crippen molar-refractivity contribution in [3.05, 3.63) is 121 Å². The summed E-state index contributed by atoms with van der Waals surface area (Å²) < 4.78 is 15.1. The molecule has 0 aliphatic rings. The van der Waals surface area contributed by atoms with Crippen LogP contribution in [-0.2, 0) is 0 Å². The van der Waals surface area contributed by atoms with Gasteiger partial charge in [-0.15, -0.1) is 11.6 Å². The molecule has 0 aliphatic heterocycles. The monoisotopic (exact) mass is 472 g/mol. The van der Waals surface area contributed by atoms with Crippen LogP contribution in [0.3, 0.4) is 0 Å². The van der Waals surface area contributed by atoms with Crippen molar-refractivity contribution in [1.82, 2.24) is 9.55 Å². The Kier molecular flexibility index (Phi) is 9.72. The Morgan fingerprint density at radius 1 is 0.912 bits per heavy atom. The number of aromatic nitrogens is 2. The van der Waals surface area contributed by atoms with Crippen LogP contribution in [0, 0.1) is 13.8 Å². The van der Waals surface area contributed by atoms with E-state index in [0.717, 1.165) is 6.32 Å². The zero-order valence-electron chi connectivity index (χ0n) is 20.0. The summed E-state index contributed by atoms with van der Waals surface area (Å²) in [5, 5.41) is -0.558. The van der Waals surface area contributed by atoms with Crippen molar-refractivity contribution in [2.75, 3.05) is 0 Å². The Hall–Kier alpha value is -3.11. The summed E-state index contributed by atoms with van der Waals surface area (Å²) in [6, 6.07) is 27.0. The number of allylic oxidation sites excluding steroid dienone is 2. The molecule has 1 heterocycles. The minimum atomic E-state index is -1.03. The molecule has 0 radical (unpaired) electrons. The molecular weight excluding hydrogens is 442 g/mol. The van der Waals surface area contributed by atoms with E-state index in [1.54, 1.807) is 12.3 Å². The van der Waals surface area contributed by atoms with Crippen LogP contribution in [0.2, 0.25) is 6.32 Å². The maximum atomic E-state index is 13.1. The molecule has 4 aromatic rings. The smallest absolute Gasteiger partial charge is 0.213 e. The fourth-order valence-corrected chi connectivity index (χ4v) is 4.04. The third kappa shape index (κ3) is 7.20. The van der Waals surface area contributed by atoms with Gasteiger partial charge < -0.3 is 4.57 Å². The largest absolute Gasteiger partial charge is 0.306 e. The van der Waals surface area contributed by atoms with E-state index in [-0.39, 0.29) is 6.71 Å². The normalized spacial score (nSPS) is 12.6. The molecule has 2 atom stereocenters. The second kappa shape index (κ2) is 13.0. The molecule has 0 saturated carbocycles. The maximum absolute atomic E-state index is 13.1. The molecule has 3 aromatic carbocycles. The van der Waals surface area contributed by atoms with Gasteiger partial charge in [0, 0.05) is 12.4 Å². The van der Waals surface area contributed by atoms with Gasteiger partial charge in [-0.25, -0.2) is 9.37 Å². The quantitative estimate of drug-likeness (QED) is 0.175. The van der Waals surface area contributed by atoms with E-state index in [0.29, 0.717) is 0 Å². The van der Waals surface area contributed by atoms with E-state index in [9.17, 15) is 4.39 Å². The molecule has 4 rings (SSSR count). The van der Waals surface area contributed by atoms with Crippen molar-refractivity contribution in [3.63, 3.8) is 0 Å². The minimum Gasteiger partial charge on any atom is -0.306 e. The average molecular weight is 473 g/mol. The van der Waals surface area contributed by atoms with Crippen LogP contribution in [-0.4, -0.2) is 27.8 Å². The van der Waals surface area contributed by atoms with Crippen LogP contribution >= 0.6 is 11.6 Å². The molecule has 174 valence electrons. The van der Waals surface area contributed by atoms with Crippen molar-refractivity contribution >= 4 is 29.2 Å². The second-order valence-corrected chi connectivity index (χ2v) is 8.87. The molecular formula is C29H31BClFN2. The number of imidazole rings is 1. The number of aryl methyl sites for hydroxylation is 2. The molecule has 1 aromatic heterocycles. The fraction of sp³-hybridized carbons (Fsp3) is 0.207. The highest BCUT2D eigenvalue weighted by Crippen LogP contribution is 2.17. The van der Waals surface area contributed by atoms with Gasteiger partial charge >= 0.3 is 0 Å². The van der Waals surface area contributed by atoms with Crippen molar-refractivity contribution in [1.29, 1.82) is 0 Å². The van der Waals surface area contributed by atoms with Crippen molar-refractivity contribution in [2.45, 2.75) is 38.6 Å². The van der Waals surface area contributed by atoms with Crippen molar-refractivity contribution < 1.29 is 4.39 Å². The summed E-state index contributed by atoms with van der Waals surface area (Å²) in [5.41, 5.74) is 6.30. The summed E-state index contributed by atoms with van der Waals surface area (Å²) in [7, 11) is 0. The van der Waals surface area contributed by atoms with Gasteiger partial charge in [0.2, 0.25) is 6.71 Å². The van der Waals surface area contributed by atoms with Crippen molar-refractivity contribution in [2.24, 2.45) is 0 Å². The summed E-state index contributed by atoms with van der Waals surface area (Å²) in [6.45, 7) is 5.97. The lowest BCUT2D eigenvalue weighted by molar-refractivity contribution is 0.369. The second-order valence-electron chi connectivity index (χ2n) is 8.37. The standard InChI is InChI=1S/C18H19BClF.C11H12N2/c1-15(21)18(20)13-8-14-19(16-9-4-2-5-10-16)17-11-6-3-7-12-17;1-9-4-3-5-10(2)11(9)13-7-6-12-8-13/h2-13,15,18H,14H2,1H3;3-8H,1-2H3. The van der Waals surface area contributed by atoms with Gasteiger partial charge in [0.15, 0.2) is 0 Å². The Morgan fingerprint density at radius 2 is 1.47 bits per heavy atom. The Balaban J connectivity index is 0.000000212.